The van der Waals surface area contributed by atoms with Crippen LogP contribution >= 0.6 is 23.2 Å². The number of halogens is 5. The molecule has 0 atom stereocenters. The number of benzene rings is 1. The van der Waals surface area contributed by atoms with Gasteiger partial charge in [0.2, 0.25) is 0 Å². The maximum absolute atomic E-state index is 11.9. The van der Waals surface area contributed by atoms with Crippen molar-refractivity contribution in [2.45, 2.75) is 12.7 Å². The third kappa shape index (κ3) is 6.47. The Morgan fingerprint density at radius 3 is 2.58 bits per heavy atom. The van der Waals surface area contributed by atoms with E-state index in [1.165, 1.54) is 0 Å². The average molecular weight is 316 g/mol. The number of ether oxygens (including phenoxy) is 1. The van der Waals surface area contributed by atoms with Crippen LogP contribution in [0, 0.1) is 0 Å². The van der Waals surface area contributed by atoms with Crippen LogP contribution in [0.2, 0.25) is 10.0 Å². The Hall–Kier alpha value is -0.490. The zero-order valence-corrected chi connectivity index (χ0v) is 11.8. The molecule has 0 radical (unpaired) electrons. The van der Waals surface area contributed by atoms with Gasteiger partial charge in [-0.1, -0.05) is 35.3 Å². The largest absolute Gasteiger partial charge is 0.411 e. The molecule has 0 saturated heterocycles. The van der Waals surface area contributed by atoms with Crippen LogP contribution < -0.4 is 0 Å². The number of hydrogen-bond acceptors (Lipinski definition) is 2. The second-order valence-electron chi connectivity index (χ2n) is 4.12. The first kappa shape index (κ1) is 16.6. The van der Waals surface area contributed by atoms with Crippen molar-refractivity contribution in [2.75, 3.05) is 26.8 Å². The molecule has 1 aromatic rings. The van der Waals surface area contributed by atoms with Crippen LogP contribution in [0.25, 0.3) is 0 Å². The lowest BCUT2D eigenvalue weighted by Gasteiger charge is -2.18. The Kier molecular flexibility index (Phi) is 6.39. The third-order valence-corrected chi connectivity index (χ3v) is 3.21. The molecule has 0 heterocycles. The van der Waals surface area contributed by atoms with E-state index in [4.69, 9.17) is 23.2 Å². The fourth-order valence-electron chi connectivity index (χ4n) is 1.45. The molecule has 2 nitrogen and oxygen atoms in total. The van der Waals surface area contributed by atoms with E-state index in [2.05, 4.69) is 4.74 Å². The maximum atomic E-state index is 11.9. The molecular formula is C12H14Cl2F3NO. The molecule has 0 fully saturated rings. The topological polar surface area (TPSA) is 12.5 Å². The van der Waals surface area contributed by atoms with E-state index >= 15 is 0 Å². The molecular weight excluding hydrogens is 302 g/mol. The highest BCUT2D eigenvalue weighted by atomic mass is 35.5. The van der Waals surface area contributed by atoms with Crippen molar-refractivity contribution < 1.29 is 17.9 Å². The molecule has 0 bridgehead atoms. The van der Waals surface area contributed by atoms with Crippen molar-refractivity contribution in [3.8, 4) is 0 Å². The molecule has 0 aliphatic rings. The Morgan fingerprint density at radius 1 is 1.26 bits per heavy atom. The minimum atomic E-state index is -4.28. The summed E-state index contributed by atoms with van der Waals surface area (Å²) in [6, 6.07) is 5.28. The van der Waals surface area contributed by atoms with E-state index in [9.17, 15) is 13.2 Å². The number of alkyl halides is 3. The number of rotatable bonds is 6. The van der Waals surface area contributed by atoms with Gasteiger partial charge >= 0.3 is 6.18 Å². The minimum absolute atomic E-state index is 0.00813. The highest BCUT2D eigenvalue weighted by Gasteiger charge is 2.27. The SMILES string of the molecule is CN(CCOCC(F)(F)F)Cc1cccc(Cl)c1Cl. The number of likely N-dealkylation sites (N-methyl/N-ethyl adjacent to an activating group) is 1. The molecule has 1 aromatic carbocycles. The number of hydrogen-bond donors (Lipinski definition) is 0. The molecule has 1 rings (SSSR count). The Morgan fingerprint density at radius 2 is 1.95 bits per heavy atom. The molecule has 0 N–H and O–H groups in total. The molecule has 0 spiro atoms. The normalized spacial score (nSPS) is 12.2. The monoisotopic (exact) mass is 315 g/mol. The molecule has 0 unspecified atom stereocenters. The zero-order chi connectivity index (χ0) is 14.5. The van der Waals surface area contributed by atoms with E-state index in [0.717, 1.165) is 5.56 Å². The Bertz CT molecular complexity index is 412. The summed E-state index contributed by atoms with van der Waals surface area (Å²) in [5.41, 5.74) is 0.826. The molecule has 0 aliphatic heterocycles. The smallest absolute Gasteiger partial charge is 0.371 e. The highest BCUT2D eigenvalue weighted by molar-refractivity contribution is 6.42. The van der Waals surface area contributed by atoms with Crippen molar-refractivity contribution in [3.05, 3.63) is 33.8 Å². The summed E-state index contributed by atoms with van der Waals surface area (Å²) in [5, 5.41) is 0.924. The van der Waals surface area contributed by atoms with Gasteiger partial charge in [0.05, 0.1) is 16.7 Å². The summed E-state index contributed by atoms with van der Waals surface area (Å²) >= 11 is 11.9. The molecule has 0 saturated carbocycles. The fourth-order valence-corrected chi connectivity index (χ4v) is 1.83. The van der Waals surface area contributed by atoms with Crippen LogP contribution in [0.3, 0.4) is 0 Å². The molecule has 0 aliphatic carbocycles. The Balaban J connectivity index is 2.35. The van der Waals surface area contributed by atoms with Crippen LogP contribution in [0.5, 0.6) is 0 Å². The number of nitrogens with zero attached hydrogens (tertiary/aromatic N) is 1. The van der Waals surface area contributed by atoms with Gasteiger partial charge in [-0.2, -0.15) is 13.2 Å². The fraction of sp³-hybridized carbons (Fsp3) is 0.500. The van der Waals surface area contributed by atoms with E-state index in [-0.39, 0.29) is 6.61 Å². The lowest BCUT2D eigenvalue weighted by molar-refractivity contribution is -0.174. The van der Waals surface area contributed by atoms with Crippen molar-refractivity contribution in [2.24, 2.45) is 0 Å². The summed E-state index contributed by atoms with van der Waals surface area (Å²) in [5.74, 6) is 0. The lowest BCUT2D eigenvalue weighted by Crippen LogP contribution is -2.25. The predicted molar refractivity (Wildman–Crippen MR) is 69.7 cm³/mol. The summed E-state index contributed by atoms with van der Waals surface area (Å²) in [4.78, 5) is 1.81. The van der Waals surface area contributed by atoms with Crippen LogP contribution in [-0.2, 0) is 11.3 Å². The predicted octanol–water partition coefficient (Wildman–Crippen LogP) is 4.00. The first-order chi connectivity index (χ1) is 8.79. The Labute approximate surface area is 120 Å². The average Bonchev–Trinajstić information content (AvgIpc) is 2.29. The molecule has 19 heavy (non-hydrogen) atoms. The molecule has 0 amide bonds. The molecule has 0 aromatic heterocycles. The van der Waals surface area contributed by atoms with Gasteiger partial charge in [-0.3, -0.25) is 4.90 Å². The first-order valence-corrected chi connectivity index (χ1v) is 6.31. The lowest BCUT2D eigenvalue weighted by atomic mass is 10.2. The van der Waals surface area contributed by atoms with E-state index in [0.29, 0.717) is 23.1 Å². The highest BCUT2D eigenvalue weighted by Crippen LogP contribution is 2.26. The van der Waals surface area contributed by atoms with Gasteiger partial charge in [-0.15, -0.1) is 0 Å². The van der Waals surface area contributed by atoms with E-state index < -0.39 is 12.8 Å². The van der Waals surface area contributed by atoms with Gasteiger partial charge in [0.1, 0.15) is 6.61 Å². The molecule has 108 valence electrons. The second-order valence-corrected chi connectivity index (χ2v) is 4.90. The van der Waals surface area contributed by atoms with Crippen LogP contribution in [0.1, 0.15) is 5.56 Å². The maximum Gasteiger partial charge on any atom is 0.411 e. The van der Waals surface area contributed by atoms with Crippen LogP contribution in [0.4, 0.5) is 13.2 Å². The van der Waals surface area contributed by atoms with Crippen molar-refractivity contribution in [3.63, 3.8) is 0 Å². The van der Waals surface area contributed by atoms with Gasteiger partial charge in [-0.05, 0) is 18.7 Å². The van der Waals surface area contributed by atoms with Gasteiger partial charge in [-0.25, -0.2) is 0 Å². The van der Waals surface area contributed by atoms with Crippen molar-refractivity contribution >= 4 is 23.2 Å². The van der Waals surface area contributed by atoms with Gasteiger partial charge in [0.25, 0.3) is 0 Å². The van der Waals surface area contributed by atoms with Gasteiger partial charge in [0, 0.05) is 13.1 Å². The van der Waals surface area contributed by atoms with Gasteiger partial charge < -0.3 is 4.74 Å². The summed E-state index contributed by atoms with van der Waals surface area (Å²) in [7, 11) is 1.77. The second kappa shape index (κ2) is 7.33. The van der Waals surface area contributed by atoms with Crippen molar-refractivity contribution in [1.82, 2.24) is 4.90 Å². The molecule has 7 heteroatoms. The quantitative estimate of drug-likeness (QED) is 0.736. The van der Waals surface area contributed by atoms with E-state index in [1.807, 2.05) is 11.0 Å². The first-order valence-electron chi connectivity index (χ1n) is 5.55. The minimum Gasteiger partial charge on any atom is -0.371 e. The van der Waals surface area contributed by atoms with Crippen LogP contribution in [0.15, 0.2) is 18.2 Å². The van der Waals surface area contributed by atoms with E-state index in [1.54, 1.807) is 19.2 Å². The van der Waals surface area contributed by atoms with Gasteiger partial charge in [0.15, 0.2) is 0 Å². The summed E-state index contributed by atoms with van der Waals surface area (Å²) in [6.07, 6.45) is -4.28. The standard InChI is InChI=1S/C12H14Cl2F3NO/c1-18(5-6-19-8-12(15,16)17)7-9-3-2-4-10(13)11(9)14/h2-4H,5-8H2,1H3. The summed E-state index contributed by atoms with van der Waals surface area (Å²) < 4.78 is 40.1. The zero-order valence-electron chi connectivity index (χ0n) is 10.3. The van der Waals surface area contributed by atoms with Crippen molar-refractivity contribution in [1.29, 1.82) is 0 Å². The van der Waals surface area contributed by atoms with Crippen LogP contribution in [-0.4, -0.2) is 37.9 Å². The third-order valence-electron chi connectivity index (χ3n) is 2.35. The summed E-state index contributed by atoms with van der Waals surface area (Å²) in [6.45, 7) is -0.347.